The standard InChI is InChI=1S/C14H13ClN4O/c1-20-11-5-3-2-4-10(11)6-8-13-16-17-14-9-7-12(15)18-19(13)14/h2-5,7,9H,6,8H2,1H3. The van der Waals surface area contributed by atoms with Crippen LogP contribution in [-0.4, -0.2) is 26.9 Å². The number of ether oxygens (including phenoxy) is 1. The first-order valence-corrected chi connectivity index (χ1v) is 6.64. The highest BCUT2D eigenvalue weighted by molar-refractivity contribution is 6.29. The molecule has 0 fully saturated rings. The lowest BCUT2D eigenvalue weighted by molar-refractivity contribution is 0.409. The van der Waals surface area contributed by atoms with Gasteiger partial charge in [-0.15, -0.1) is 10.2 Å². The van der Waals surface area contributed by atoms with Crippen molar-refractivity contribution in [2.75, 3.05) is 7.11 Å². The van der Waals surface area contributed by atoms with Gasteiger partial charge in [-0.25, -0.2) is 0 Å². The predicted octanol–water partition coefficient (Wildman–Crippen LogP) is 2.57. The van der Waals surface area contributed by atoms with Crippen LogP contribution in [-0.2, 0) is 12.8 Å². The Kier molecular flexibility index (Phi) is 3.52. The second-order valence-corrected chi connectivity index (χ2v) is 4.74. The van der Waals surface area contributed by atoms with Gasteiger partial charge in [0.15, 0.2) is 11.5 Å². The summed E-state index contributed by atoms with van der Waals surface area (Å²) in [5.41, 5.74) is 1.83. The fraction of sp³-hybridized carbons (Fsp3) is 0.214. The Morgan fingerprint density at radius 1 is 1.10 bits per heavy atom. The summed E-state index contributed by atoms with van der Waals surface area (Å²) in [6, 6.07) is 11.4. The molecule has 0 N–H and O–H groups in total. The molecule has 0 amide bonds. The molecule has 102 valence electrons. The summed E-state index contributed by atoms with van der Waals surface area (Å²) in [7, 11) is 1.67. The van der Waals surface area contributed by atoms with Gasteiger partial charge in [0.1, 0.15) is 10.9 Å². The summed E-state index contributed by atoms with van der Waals surface area (Å²) in [4.78, 5) is 0. The number of hydrogen-bond donors (Lipinski definition) is 0. The van der Waals surface area contributed by atoms with E-state index in [0.29, 0.717) is 10.8 Å². The maximum absolute atomic E-state index is 5.90. The van der Waals surface area contributed by atoms with Gasteiger partial charge in [-0.1, -0.05) is 29.8 Å². The van der Waals surface area contributed by atoms with E-state index in [1.165, 1.54) is 0 Å². The molecule has 0 aliphatic rings. The van der Waals surface area contributed by atoms with Crippen molar-refractivity contribution in [2.45, 2.75) is 12.8 Å². The fourth-order valence-corrected chi connectivity index (χ4v) is 2.26. The summed E-state index contributed by atoms with van der Waals surface area (Å²) in [5.74, 6) is 1.67. The van der Waals surface area contributed by atoms with E-state index in [1.54, 1.807) is 23.8 Å². The van der Waals surface area contributed by atoms with E-state index in [-0.39, 0.29) is 0 Å². The quantitative estimate of drug-likeness (QED) is 0.740. The zero-order valence-corrected chi connectivity index (χ0v) is 11.7. The number of aryl methyl sites for hydroxylation is 2. The van der Waals surface area contributed by atoms with E-state index < -0.39 is 0 Å². The summed E-state index contributed by atoms with van der Waals surface area (Å²) in [6.45, 7) is 0. The lowest BCUT2D eigenvalue weighted by Gasteiger charge is -2.07. The van der Waals surface area contributed by atoms with E-state index in [9.17, 15) is 0 Å². The van der Waals surface area contributed by atoms with Crippen LogP contribution in [0.5, 0.6) is 5.75 Å². The highest BCUT2D eigenvalue weighted by Gasteiger charge is 2.09. The number of methoxy groups -OCH3 is 1. The molecule has 3 rings (SSSR count). The molecule has 5 nitrogen and oxygen atoms in total. The third kappa shape index (κ3) is 2.44. The molecule has 1 aromatic carbocycles. The van der Waals surface area contributed by atoms with Gasteiger partial charge in [0.2, 0.25) is 0 Å². The minimum atomic E-state index is 0.427. The van der Waals surface area contributed by atoms with Crippen molar-refractivity contribution in [1.29, 1.82) is 0 Å². The second-order valence-electron chi connectivity index (χ2n) is 4.35. The lowest BCUT2D eigenvalue weighted by Crippen LogP contribution is -2.02. The van der Waals surface area contributed by atoms with Gasteiger partial charge in [-0.05, 0) is 30.2 Å². The van der Waals surface area contributed by atoms with Crippen molar-refractivity contribution in [3.8, 4) is 5.75 Å². The van der Waals surface area contributed by atoms with Crippen LogP contribution in [0.4, 0.5) is 0 Å². The van der Waals surface area contributed by atoms with Crippen LogP contribution in [0.1, 0.15) is 11.4 Å². The molecule has 0 aliphatic heterocycles. The van der Waals surface area contributed by atoms with E-state index >= 15 is 0 Å². The van der Waals surface area contributed by atoms with Crippen molar-refractivity contribution in [3.63, 3.8) is 0 Å². The molecule has 20 heavy (non-hydrogen) atoms. The van der Waals surface area contributed by atoms with Gasteiger partial charge in [0, 0.05) is 6.42 Å². The van der Waals surface area contributed by atoms with Crippen LogP contribution >= 0.6 is 11.6 Å². The van der Waals surface area contributed by atoms with Gasteiger partial charge < -0.3 is 4.74 Å². The fourth-order valence-electron chi connectivity index (χ4n) is 2.12. The maximum Gasteiger partial charge on any atom is 0.178 e. The zero-order chi connectivity index (χ0) is 13.9. The van der Waals surface area contributed by atoms with Crippen LogP contribution < -0.4 is 4.74 Å². The topological polar surface area (TPSA) is 52.3 Å². The van der Waals surface area contributed by atoms with Crippen molar-refractivity contribution >= 4 is 17.2 Å². The minimum Gasteiger partial charge on any atom is -0.496 e. The number of rotatable bonds is 4. The maximum atomic E-state index is 5.90. The van der Waals surface area contributed by atoms with Crippen molar-refractivity contribution in [1.82, 2.24) is 19.8 Å². The Morgan fingerprint density at radius 2 is 1.95 bits per heavy atom. The molecular formula is C14H13ClN4O. The molecular weight excluding hydrogens is 276 g/mol. The Hall–Kier alpha value is -2.14. The van der Waals surface area contributed by atoms with Gasteiger partial charge in [0.25, 0.3) is 0 Å². The molecule has 0 radical (unpaired) electrons. The Bertz CT molecular complexity index is 741. The average Bonchev–Trinajstić information content (AvgIpc) is 2.87. The van der Waals surface area contributed by atoms with Gasteiger partial charge in [-0.2, -0.15) is 9.61 Å². The van der Waals surface area contributed by atoms with E-state index in [2.05, 4.69) is 15.3 Å². The summed E-state index contributed by atoms with van der Waals surface area (Å²) < 4.78 is 7.02. The Labute approximate surface area is 121 Å². The second kappa shape index (κ2) is 5.46. The van der Waals surface area contributed by atoms with Crippen LogP contribution in [0, 0.1) is 0 Å². The summed E-state index contributed by atoms with van der Waals surface area (Å²) >= 11 is 5.90. The zero-order valence-electron chi connectivity index (χ0n) is 11.0. The SMILES string of the molecule is COc1ccccc1CCc1nnc2ccc(Cl)nn12. The predicted molar refractivity (Wildman–Crippen MR) is 76.2 cm³/mol. The average molecular weight is 289 g/mol. The van der Waals surface area contributed by atoms with Crippen LogP contribution in [0.25, 0.3) is 5.65 Å². The van der Waals surface area contributed by atoms with Crippen LogP contribution in [0.15, 0.2) is 36.4 Å². The first-order chi connectivity index (χ1) is 9.78. The van der Waals surface area contributed by atoms with Crippen molar-refractivity contribution in [2.24, 2.45) is 0 Å². The highest BCUT2D eigenvalue weighted by atomic mass is 35.5. The summed E-state index contributed by atoms with van der Waals surface area (Å²) in [6.07, 6.45) is 1.52. The van der Waals surface area contributed by atoms with E-state index in [4.69, 9.17) is 16.3 Å². The number of aromatic nitrogens is 4. The molecule has 0 spiro atoms. The largest absolute Gasteiger partial charge is 0.496 e. The first kappa shape index (κ1) is 12.9. The van der Waals surface area contributed by atoms with Crippen LogP contribution in [0.2, 0.25) is 5.15 Å². The third-order valence-corrected chi connectivity index (χ3v) is 3.31. The molecule has 0 unspecified atom stereocenters. The summed E-state index contributed by atoms with van der Waals surface area (Å²) in [5, 5.41) is 12.9. The number of para-hydroxylation sites is 1. The minimum absolute atomic E-state index is 0.427. The van der Waals surface area contributed by atoms with Gasteiger partial charge in [-0.3, -0.25) is 0 Å². The normalized spacial score (nSPS) is 10.9. The van der Waals surface area contributed by atoms with E-state index in [1.807, 2.05) is 24.3 Å². The number of halogens is 1. The number of benzene rings is 1. The molecule has 2 heterocycles. The van der Waals surface area contributed by atoms with Gasteiger partial charge in [0.05, 0.1) is 7.11 Å². The lowest BCUT2D eigenvalue weighted by atomic mass is 10.1. The molecule has 0 saturated heterocycles. The molecule has 0 atom stereocenters. The first-order valence-electron chi connectivity index (χ1n) is 6.26. The van der Waals surface area contributed by atoms with Crippen LogP contribution in [0.3, 0.4) is 0 Å². The number of fused-ring (bicyclic) bond motifs is 1. The Balaban J connectivity index is 1.85. The number of hydrogen-bond acceptors (Lipinski definition) is 4. The smallest absolute Gasteiger partial charge is 0.178 e. The molecule has 0 saturated carbocycles. The highest BCUT2D eigenvalue weighted by Crippen LogP contribution is 2.19. The van der Waals surface area contributed by atoms with Gasteiger partial charge >= 0.3 is 0 Å². The van der Waals surface area contributed by atoms with E-state index in [0.717, 1.165) is 30.0 Å². The van der Waals surface area contributed by atoms with Crippen molar-refractivity contribution < 1.29 is 4.74 Å². The molecule has 3 aromatic rings. The molecule has 0 bridgehead atoms. The molecule has 2 aromatic heterocycles. The number of nitrogens with zero attached hydrogens (tertiary/aromatic N) is 4. The molecule has 6 heteroatoms. The Morgan fingerprint density at radius 3 is 2.80 bits per heavy atom. The third-order valence-electron chi connectivity index (χ3n) is 3.11. The van der Waals surface area contributed by atoms with Crippen molar-refractivity contribution in [3.05, 3.63) is 52.9 Å². The molecule has 0 aliphatic carbocycles. The monoisotopic (exact) mass is 288 g/mol.